The molecule has 0 unspecified atom stereocenters. The van der Waals surface area contributed by atoms with Gasteiger partial charge in [0.05, 0.1) is 7.11 Å². The van der Waals surface area contributed by atoms with Crippen molar-refractivity contribution in [3.05, 3.63) is 54.1 Å². The van der Waals surface area contributed by atoms with E-state index in [4.69, 9.17) is 4.74 Å². The Bertz CT molecular complexity index is 711. The highest BCUT2D eigenvalue weighted by Crippen LogP contribution is 2.19. The second-order valence-corrected chi connectivity index (χ2v) is 5.27. The van der Waals surface area contributed by atoms with E-state index in [9.17, 15) is 9.59 Å². The summed E-state index contributed by atoms with van der Waals surface area (Å²) in [7, 11) is 5.18. The number of esters is 1. The van der Waals surface area contributed by atoms with Crippen molar-refractivity contribution in [2.75, 3.05) is 38.0 Å². The molecule has 1 N–H and O–H groups in total. The average Bonchev–Trinajstić information content (AvgIpc) is 2.60. The van der Waals surface area contributed by atoms with Gasteiger partial charge in [-0.25, -0.2) is 4.79 Å². The molecule has 2 aromatic rings. The number of methoxy groups -OCH3 is 1. The van der Waals surface area contributed by atoms with E-state index in [0.29, 0.717) is 11.4 Å². The molecule has 0 aromatic heterocycles. The first-order chi connectivity index (χ1) is 11.5. The van der Waals surface area contributed by atoms with E-state index in [-0.39, 0.29) is 18.1 Å². The molecular weight excluding hydrogens is 308 g/mol. The highest BCUT2D eigenvalue weighted by molar-refractivity contribution is 5.94. The molecule has 24 heavy (non-hydrogen) atoms. The standard InChI is InChI=1S/C18H20N2O4/c1-20(2)14-10-8-13(9-11-14)19-17(21)12-24-16-7-5-4-6-15(16)18(22)23-3/h4-11H,12H2,1-3H3,(H,19,21). The van der Waals surface area contributed by atoms with Crippen LogP contribution in [0.5, 0.6) is 5.75 Å². The zero-order valence-electron chi connectivity index (χ0n) is 13.9. The van der Waals surface area contributed by atoms with E-state index in [1.807, 2.05) is 43.3 Å². The summed E-state index contributed by atoms with van der Waals surface area (Å²) in [5.41, 5.74) is 2.00. The van der Waals surface area contributed by atoms with Gasteiger partial charge in [0.1, 0.15) is 11.3 Å². The Morgan fingerprint density at radius 1 is 1.04 bits per heavy atom. The molecule has 6 heteroatoms. The lowest BCUT2D eigenvalue weighted by atomic mass is 10.2. The van der Waals surface area contributed by atoms with Crippen molar-refractivity contribution in [1.29, 1.82) is 0 Å². The fourth-order valence-electron chi connectivity index (χ4n) is 2.05. The van der Waals surface area contributed by atoms with Gasteiger partial charge >= 0.3 is 5.97 Å². The normalized spacial score (nSPS) is 9.96. The number of amides is 1. The van der Waals surface area contributed by atoms with Crippen LogP contribution in [0.2, 0.25) is 0 Å². The Kier molecular flexibility index (Phi) is 5.78. The van der Waals surface area contributed by atoms with E-state index in [1.54, 1.807) is 24.3 Å². The molecule has 0 aliphatic rings. The summed E-state index contributed by atoms with van der Waals surface area (Å²) in [6.07, 6.45) is 0. The van der Waals surface area contributed by atoms with Gasteiger partial charge in [-0.3, -0.25) is 4.79 Å². The topological polar surface area (TPSA) is 67.9 Å². The van der Waals surface area contributed by atoms with Gasteiger partial charge in [0.25, 0.3) is 5.91 Å². The maximum Gasteiger partial charge on any atom is 0.341 e. The van der Waals surface area contributed by atoms with Crippen LogP contribution < -0.4 is 15.0 Å². The van der Waals surface area contributed by atoms with Crippen LogP contribution >= 0.6 is 0 Å². The number of hydrogen-bond donors (Lipinski definition) is 1. The molecule has 1 amide bonds. The lowest BCUT2D eigenvalue weighted by Crippen LogP contribution is -2.21. The largest absolute Gasteiger partial charge is 0.483 e. The quantitative estimate of drug-likeness (QED) is 0.826. The summed E-state index contributed by atoms with van der Waals surface area (Å²) < 4.78 is 10.1. The minimum absolute atomic E-state index is 0.205. The molecule has 0 aliphatic carbocycles. The van der Waals surface area contributed by atoms with Crippen LogP contribution in [0.3, 0.4) is 0 Å². The second-order valence-electron chi connectivity index (χ2n) is 5.27. The van der Waals surface area contributed by atoms with Gasteiger partial charge in [0, 0.05) is 25.5 Å². The summed E-state index contributed by atoms with van der Waals surface area (Å²) >= 11 is 0. The summed E-state index contributed by atoms with van der Waals surface area (Å²) in [6, 6.07) is 14.1. The average molecular weight is 328 g/mol. The molecule has 0 heterocycles. The first-order valence-corrected chi connectivity index (χ1v) is 7.38. The highest BCUT2D eigenvalue weighted by atomic mass is 16.5. The smallest absolute Gasteiger partial charge is 0.341 e. The molecule has 0 saturated carbocycles. The molecule has 0 fully saturated rings. The van der Waals surface area contributed by atoms with E-state index in [2.05, 4.69) is 10.1 Å². The molecule has 6 nitrogen and oxygen atoms in total. The van der Waals surface area contributed by atoms with Crippen molar-refractivity contribution in [3.8, 4) is 5.75 Å². The number of hydrogen-bond acceptors (Lipinski definition) is 5. The summed E-state index contributed by atoms with van der Waals surface area (Å²) in [4.78, 5) is 25.6. The Morgan fingerprint density at radius 2 is 1.71 bits per heavy atom. The number of carbonyl (C=O) groups is 2. The van der Waals surface area contributed by atoms with Crippen LogP contribution in [-0.4, -0.2) is 39.7 Å². The van der Waals surface area contributed by atoms with Crippen LogP contribution in [0.15, 0.2) is 48.5 Å². The third-order valence-electron chi connectivity index (χ3n) is 3.32. The Morgan fingerprint density at radius 3 is 2.33 bits per heavy atom. The lowest BCUT2D eigenvalue weighted by Gasteiger charge is -2.13. The van der Waals surface area contributed by atoms with Crippen molar-refractivity contribution in [2.24, 2.45) is 0 Å². The lowest BCUT2D eigenvalue weighted by molar-refractivity contribution is -0.118. The van der Waals surface area contributed by atoms with E-state index >= 15 is 0 Å². The van der Waals surface area contributed by atoms with Gasteiger partial charge in [0.15, 0.2) is 6.61 Å². The van der Waals surface area contributed by atoms with Crippen molar-refractivity contribution in [1.82, 2.24) is 0 Å². The molecule has 0 atom stereocenters. The SMILES string of the molecule is COC(=O)c1ccccc1OCC(=O)Nc1ccc(N(C)C)cc1. The second kappa shape index (κ2) is 8.01. The van der Waals surface area contributed by atoms with Gasteiger partial charge in [-0.05, 0) is 36.4 Å². The van der Waals surface area contributed by atoms with E-state index in [1.165, 1.54) is 7.11 Å². The molecule has 2 rings (SSSR count). The molecule has 2 aromatic carbocycles. The van der Waals surface area contributed by atoms with Crippen molar-refractivity contribution in [3.63, 3.8) is 0 Å². The Balaban J connectivity index is 1.95. The fraction of sp³-hybridized carbons (Fsp3) is 0.222. The van der Waals surface area contributed by atoms with Crippen molar-refractivity contribution in [2.45, 2.75) is 0 Å². The monoisotopic (exact) mass is 328 g/mol. The van der Waals surface area contributed by atoms with Crippen molar-refractivity contribution < 1.29 is 19.1 Å². The summed E-state index contributed by atoms with van der Waals surface area (Å²) in [5.74, 6) is -0.514. The first kappa shape index (κ1) is 17.3. The molecule has 0 aliphatic heterocycles. The first-order valence-electron chi connectivity index (χ1n) is 7.38. The van der Waals surface area contributed by atoms with Gasteiger partial charge < -0.3 is 19.7 Å². The highest BCUT2D eigenvalue weighted by Gasteiger charge is 2.13. The number of benzene rings is 2. The number of nitrogens with zero attached hydrogens (tertiary/aromatic N) is 1. The van der Waals surface area contributed by atoms with Gasteiger partial charge in [-0.2, -0.15) is 0 Å². The number of nitrogens with one attached hydrogen (secondary N) is 1. The third kappa shape index (κ3) is 4.49. The van der Waals surface area contributed by atoms with Crippen LogP contribution in [0, 0.1) is 0 Å². The van der Waals surface area contributed by atoms with E-state index < -0.39 is 5.97 Å². The minimum Gasteiger partial charge on any atom is -0.483 e. The van der Waals surface area contributed by atoms with E-state index in [0.717, 1.165) is 5.69 Å². The maximum absolute atomic E-state index is 12.0. The molecule has 0 saturated heterocycles. The molecule has 0 spiro atoms. The van der Waals surface area contributed by atoms with Gasteiger partial charge in [-0.1, -0.05) is 12.1 Å². The molecular formula is C18H20N2O4. The van der Waals surface area contributed by atoms with Crippen LogP contribution in [-0.2, 0) is 9.53 Å². The van der Waals surface area contributed by atoms with Crippen LogP contribution in [0.1, 0.15) is 10.4 Å². The van der Waals surface area contributed by atoms with Gasteiger partial charge in [0.2, 0.25) is 0 Å². The van der Waals surface area contributed by atoms with Crippen LogP contribution in [0.25, 0.3) is 0 Å². The Labute approximate surface area is 141 Å². The number of anilines is 2. The minimum atomic E-state index is -0.509. The zero-order chi connectivity index (χ0) is 17.5. The number of ether oxygens (including phenoxy) is 2. The summed E-state index contributed by atoms with van der Waals surface area (Å²) in [5, 5.41) is 2.74. The van der Waals surface area contributed by atoms with Gasteiger partial charge in [-0.15, -0.1) is 0 Å². The van der Waals surface area contributed by atoms with Crippen molar-refractivity contribution >= 4 is 23.3 Å². The third-order valence-corrected chi connectivity index (χ3v) is 3.32. The number of rotatable bonds is 6. The predicted octanol–water partition coefficient (Wildman–Crippen LogP) is 2.56. The maximum atomic E-state index is 12.0. The van der Waals surface area contributed by atoms with Crippen LogP contribution in [0.4, 0.5) is 11.4 Å². The molecule has 0 bridgehead atoms. The summed E-state index contributed by atoms with van der Waals surface area (Å²) in [6.45, 7) is -0.205. The molecule has 0 radical (unpaired) electrons. The number of carbonyl (C=O) groups excluding carboxylic acids is 2. The molecule has 126 valence electrons. The fourth-order valence-corrected chi connectivity index (χ4v) is 2.05. The number of para-hydroxylation sites is 1. The predicted molar refractivity (Wildman–Crippen MR) is 92.7 cm³/mol. The Hall–Kier alpha value is -3.02. The zero-order valence-corrected chi connectivity index (χ0v) is 13.9.